The zero-order chi connectivity index (χ0) is 15.8. The van der Waals surface area contributed by atoms with Gasteiger partial charge >= 0.3 is 11.9 Å². The Morgan fingerprint density at radius 2 is 1.95 bits per heavy atom. The first-order valence-electron chi connectivity index (χ1n) is 6.74. The number of aromatic carboxylic acids is 1. The van der Waals surface area contributed by atoms with Crippen molar-refractivity contribution in [3.05, 3.63) is 53.1 Å². The molecule has 4 heteroatoms. The topological polar surface area (TPSA) is 63.6 Å². The van der Waals surface area contributed by atoms with Crippen molar-refractivity contribution in [2.24, 2.45) is 0 Å². The Hall–Kier alpha value is -2.36. The number of carbonyl (C=O) groups is 2. The van der Waals surface area contributed by atoms with E-state index in [9.17, 15) is 9.59 Å². The maximum Gasteiger partial charge on any atom is 0.336 e. The Labute approximate surface area is 124 Å². The van der Waals surface area contributed by atoms with Crippen molar-refractivity contribution in [3.63, 3.8) is 0 Å². The van der Waals surface area contributed by atoms with Crippen LogP contribution in [0.4, 0.5) is 0 Å². The quantitative estimate of drug-likeness (QED) is 0.372. The van der Waals surface area contributed by atoms with Crippen LogP contribution >= 0.6 is 0 Å². The van der Waals surface area contributed by atoms with Crippen molar-refractivity contribution in [1.29, 1.82) is 0 Å². The lowest BCUT2D eigenvalue weighted by Gasteiger charge is -2.03. The lowest BCUT2D eigenvalue weighted by Crippen LogP contribution is -2.06. The number of hydrogen-bond donors (Lipinski definition) is 1. The second-order valence-corrected chi connectivity index (χ2v) is 5.06. The van der Waals surface area contributed by atoms with E-state index in [0.29, 0.717) is 0 Å². The molecule has 1 rings (SSSR count). The average molecular weight is 288 g/mol. The highest BCUT2D eigenvalue weighted by Gasteiger charge is 2.06. The number of rotatable bonds is 6. The molecule has 112 valence electrons. The Morgan fingerprint density at radius 3 is 2.57 bits per heavy atom. The number of carboxylic acid groups (broad SMARTS) is 1. The molecule has 0 fully saturated rings. The molecule has 0 spiro atoms. The summed E-state index contributed by atoms with van der Waals surface area (Å²) in [7, 11) is 0. The van der Waals surface area contributed by atoms with Crippen molar-refractivity contribution < 1.29 is 19.4 Å². The van der Waals surface area contributed by atoms with Crippen LogP contribution in [-0.2, 0) is 4.79 Å². The van der Waals surface area contributed by atoms with Gasteiger partial charge in [0, 0.05) is 6.08 Å². The molecule has 0 saturated carbocycles. The Kier molecular flexibility index (Phi) is 6.40. The summed E-state index contributed by atoms with van der Waals surface area (Å²) in [6.07, 6.45) is 5.22. The summed E-state index contributed by atoms with van der Waals surface area (Å²) in [5.41, 5.74) is 2.26. The fourth-order valence-electron chi connectivity index (χ4n) is 1.70. The molecule has 0 heterocycles. The van der Waals surface area contributed by atoms with E-state index < -0.39 is 11.9 Å². The largest absolute Gasteiger partial charge is 0.478 e. The number of ether oxygens (including phenoxy) is 1. The molecular formula is C17H20O4. The lowest BCUT2D eigenvalue weighted by molar-refractivity contribution is -0.129. The second-order valence-electron chi connectivity index (χ2n) is 5.06. The standard InChI is InChI=1S/C17H20O4/c1-12(2)6-4-7-13(3)10-16(18)21-15-9-5-8-14(11-15)17(19)20/h5-6,8-11H,4,7H2,1-3H3,(H,19,20)/b13-10+. The zero-order valence-corrected chi connectivity index (χ0v) is 12.6. The van der Waals surface area contributed by atoms with Gasteiger partial charge in [-0.15, -0.1) is 0 Å². The van der Waals surface area contributed by atoms with Crippen LogP contribution in [0.15, 0.2) is 47.6 Å². The van der Waals surface area contributed by atoms with E-state index in [4.69, 9.17) is 9.84 Å². The minimum absolute atomic E-state index is 0.0876. The van der Waals surface area contributed by atoms with E-state index in [2.05, 4.69) is 6.08 Å². The van der Waals surface area contributed by atoms with E-state index in [1.165, 1.54) is 29.8 Å². The third-order valence-corrected chi connectivity index (χ3v) is 2.75. The van der Waals surface area contributed by atoms with Crippen molar-refractivity contribution in [2.75, 3.05) is 0 Å². The van der Waals surface area contributed by atoms with Crippen LogP contribution in [0.1, 0.15) is 44.0 Å². The Bertz CT molecular complexity index is 578. The van der Waals surface area contributed by atoms with Gasteiger partial charge in [0.15, 0.2) is 0 Å². The van der Waals surface area contributed by atoms with Gasteiger partial charge in [-0.2, -0.15) is 0 Å². The third-order valence-electron chi connectivity index (χ3n) is 2.75. The van der Waals surface area contributed by atoms with Gasteiger partial charge in [0.05, 0.1) is 5.56 Å². The van der Waals surface area contributed by atoms with Crippen molar-refractivity contribution in [1.82, 2.24) is 0 Å². The monoisotopic (exact) mass is 288 g/mol. The van der Waals surface area contributed by atoms with E-state index in [1.807, 2.05) is 20.8 Å². The lowest BCUT2D eigenvalue weighted by atomic mass is 10.1. The molecule has 0 aliphatic rings. The molecule has 0 radical (unpaired) electrons. The molecule has 21 heavy (non-hydrogen) atoms. The van der Waals surface area contributed by atoms with E-state index in [0.717, 1.165) is 18.4 Å². The molecule has 0 aromatic heterocycles. The highest BCUT2D eigenvalue weighted by atomic mass is 16.5. The van der Waals surface area contributed by atoms with Crippen molar-refractivity contribution >= 4 is 11.9 Å². The average Bonchev–Trinajstić information content (AvgIpc) is 2.38. The molecule has 0 amide bonds. The van der Waals surface area contributed by atoms with Crippen LogP contribution in [0.3, 0.4) is 0 Å². The highest BCUT2D eigenvalue weighted by Crippen LogP contribution is 2.14. The minimum Gasteiger partial charge on any atom is -0.478 e. The first-order valence-corrected chi connectivity index (χ1v) is 6.74. The fourth-order valence-corrected chi connectivity index (χ4v) is 1.70. The van der Waals surface area contributed by atoms with Crippen LogP contribution in [0.25, 0.3) is 0 Å². The summed E-state index contributed by atoms with van der Waals surface area (Å²) in [5.74, 6) is -1.32. The first kappa shape index (κ1) is 16.7. The predicted molar refractivity (Wildman–Crippen MR) is 81.5 cm³/mol. The summed E-state index contributed by atoms with van der Waals surface area (Å²) >= 11 is 0. The summed E-state index contributed by atoms with van der Waals surface area (Å²) in [6.45, 7) is 5.93. The highest BCUT2D eigenvalue weighted by molar-refractivity contribution is 5.89. The zero-order valence-electron chi connectivity index (χ0n) is 12.6. The number of hydrogen-bond acceptors (Lipinski definition) is 3. The normalized spacial score (nSPS) is 10.9. The smallest absolute Gasteiger partial charge is 0.336 e. The summed E-state index contributed by atoms with van der Waals surface area (Å²) in [5, 5.41) is 8.87. The van der Waals surface area contributed by atoms with Crippen molar-refractivity contribution in [3.8, 4) is 5.75 Å². The molecule has 0 bridgehead atoms. The third kappa shape index (κ3) is 6.56. The number of carboxylic acids is 1. The second kappa shape index (κ2) is 8.04. The number of allylic oxidation sites excluding steroid dienone is 3. The van der Waals surface area contributed by atoms with E-state index >= 15 is 0 Å². The first-order chi connectivity index (χ1) is 9.88. The summed E-state index contributed by atoms with van der Waals surface area (Å²) < 4.78 is 5.11. The molecule has 1 aromatic carbocycles. The Morgan fingerprint density at radius 1 is 1.24 bits per heavy atom. The summed E-state index contributed by atoms with van der Waals surface area (Å²) in [6, 6.07) is 5.86. The van der Waals surface area contributed by atoms with Gasteiger partial charge in [0.2, 0.25) is 0 Å². The molecule has 0 saturated heterocycles. The molecule has 0 aliphatic carbocycles. The molecule has 0 atom stereocenters. The van der Waals surface area contributed by atoms with Gasteiger partial charge in [0.25, 0.3) is 0 Å². The minimum atomic E-state index is -1.05. The van der Waals surface area contributed by atoms with Gasteiger partial charge in [-0.3, -0.25) is 0 Å². The van der Waals surface area contributed by atoms with E-state index in [-0.39, 0.29) is 11.3 Å². The van der Waals surface area contributed by atoms with Gasteiger partial charge in [-0.25, -0.2) is 9.59 Å². The van der Waals surface area contributed by atoms with Crippen molar-refractivity contribution in [2.45, 2.75) is 33.6 Å². The molecular weight excluding hydrogens is 268 g/mol. The van der Waals surface area contributed by atoms with Crippen LogP contribution < -0.4 is 4.74 Å². The maximum atomic E-state index is 11.7. The number of esters is 1. The molecule has 4 nitrogen and oxygen atoms in total. The summed E-state index contributed by atoms with van der Waals surface area (Å²) in [4.78, 5) is 22.6. The maximum absolute atomic E-state index is 11.7. The SMILES string of the molecule is CC(C)=CCC/C(C)=C/C(=O)Oc1cccc(C(=O)O)c1. The molecule has 0 aliphatic heterocycles. The van der Waals surface area contributed by atoms with Crippen LogP contribution in [0, 0.1) is 0 Å². The predicted octanol–water partition coefficient (Wildman–Crippen LogP) is 3.98. The van der Waals surface area contributed by atoms with Crippen LogP contribution in [0.5, 0.6) is 5.75 Å². The molecule has 1 aromatic rings. The van der Waals surface area contributed by atoms with Crippen LogP contribution in [-0.4, -0.2) is 17.0 Å². The van der Waals surface area contributed by atoms with E-state index in [1.54, 1.807) is 6.07 Å². The Balaban J connectivity index is 2.62. The fraction of sp³-hybridized carbons (Fsp3) is 0.294. The van der Waals surface area contributed by atoms with Gasteiger partial charge in [-0.1, -0.05) is 23.3 Å². The molecule has 0 unspecified atom stereocenters. The number of benzene rings is 1. The molecule has 1 N–H and O–H groups in total. The van der Waals surface area contributed by atoms with Gasteiger partial charge < -0.3 is 9.84 Å². The van der Waals surface area contributed by atoms with Crippen LogP contribution in [0.2, 0.25) is 0 Å². The number of carbonyl (C=O) groups excluding carboxylic acids is 1. The van der Waals surface area contributed by atoms with Gasteiger partial charge in [-0.05, 0) is 51.8 Å². The van der Waals surface area contributed by atoms with Gasteiger partial charge in [0.1, 0.15) is 5.75 Å².